The Morgan fingerprint density at radius 2 is 2.18 bits per heavy atom. The molecule has 1 atom stereocenters. The standard InChI is InChI=1S/C16H21N3OS2/c1-12-4-6-13(7-5-12)10-22-11-15-17-18-16(21)19(15)9-14-3-2-8-20-14/h4-7,14H,2-3,8-11H2,1H3,(H,18,21)/t14-/m0/s1. The van der Waals surface area contributed by atoms with Crippen LogP contribution in [0.4, 0.5) is 0 Å². The van der Waals surface area contributed by atoms with Crippen LogP contribution in [-0.4, -0.2) is 27.5 Å². The van der Waals surface area contributed by atoms with E-state index in [0.717, 1.165) is 43.3 Å². The van der Waals surface area contributed by atoms with Gasteiger partial charge in [0.2, 0.25) is 0 Å². The maximum Gasteiger partial charge on any atom is 0.195 e. The molecule has 0 saturated carbocycles. The van der Waals surface area contributed by atoms with Gasteiger partial charge in [0, 0.05) is 12.4 Å². The Labute approximate surface area is 140 Å². The van der Waals surface area contributed by atoms with Gasteiger partial charge in [0.25, 0.3) is 0 Å². The minimum Gasteiger partial charge on any atom is -0.376 e. The second kappa shape index (κ2) is 7.44. The largest absolute Gasteiger partial charge is 0.376 e. The lowest BCUT2D eigenvalue weighted by Crippen LogP contribution is -2.17. The second-order valence-corrected chi connectivity index (χ2v) is 7.04. The molecule has 2 aromatic rings. The quantitative estimate of drug-likeness (QED) is 0.814. The van der Waals surface area contributed by atoms with Crippen LogP contribution < -0.4 is 0 Å². The smallest absolute Gasteiger partial charge is 0.195 e. The van der Waals surface area contributed by atoms with Crippen molar-refractivity contribution in [1.29, 1.82) is 0 Å². The van der Waals surface area contributed by atoms with Gasteiger partial charge in [0.15, 0.2) is 4.77 Å². The molecule has 0 spiro atoms. The molecule has 3 rings (SSSR count). The summed E-state index contributed by atoms with van der Waals surface area (Å²) < 4.78 is 8.49. The first-order valence-corrected chi connectivity index (χ1v) is 9.17. The fourth-order valence-electron chi connectivity index (χ4n) is 2.59. The Hall–Kier alpha value is -1.11. The van der Waals surface area contributed by atoms with Crippen LogP contribution in [-0.2, 0) is 22.8 Å². The summed E-state index contributed by atoms with van der Waals surface area (Å²) in [5, 5.41) is 7.29. The molecule has 4 nitrogen and oxygen atoms in total. The first-order chi connectivity index (χ1) is 10.7. The van der Waals surface area contributed by atoms with Gasteiger partial charge in [-0.15, -0.1) is 11.8 Å². The molecule has 0 amide bonds. The molecular formula is C16H21N3OS2. The molecule has 1 aliphatic heterocycles. The molecule has 1 fully saturated rings. The molecule has 1 aromatic carbocycles. The summed E-state index contributed by atoms with van der Waals surface area (Å²) in [5.74, 6) is 2.85. The summed E-state index contributed by atoms with van der Waals surface area (Å²) >= 11 is 7.21. The van der Waals surface area contributed by atoms with Gasteiger partial charge in [-0.2, -0.15) is 5.10 Å². The monoisotopic (exact) mass is 335 g/mol. The van der Waals surface area contributed by atoms with E-state index in [4.69, 9.17) is 17.0 Å². The third-order valence-corrected chi connectivity index (χ3v) is 5.18. The van der Waals surface area contributed by atoms with Crippen LogP contribution in [0.15, 0.2) is 24.3 Å². The van der Waals surface area contributed by atoms with Crippen LogP contribution in [0.2, 0.25) is 0 Å². The molecule has 22 heavy (non-hydrogen) atoms. The summed E-state index contributed by atoms with van der Waals surface area (Å²) in [7, 11) is 0. The molecule has 1 aliphatic rings. The molecule has 0 bridgehead atoms. The van der Waals surface area contributed by atoms with Gasteiger partial charge in [-0.25, -0.2) is 0 Å². The molecule has 1 saturated heterocycles. The zero-order valence-electron chi connectivity index (χ0n) is 12.7. The first kappa shape index (κ1) is 15.8. The molecule has 1 aromatic heterocycles. The van der Waals surface area contributed by atoms with Crippen LogP contribution in [0.3, 0.4) is 0 Å². The fraction of sp³-hybridized carbons (Fsp3) is 0.500. The van der Waals surface area contributed by atoms with Gasteiger partial charge >= 0.3 is 0 Å². The predicted octanol–water partition coefficient (Wildman–Crippen LogP) is 3.86. The molecule has 1 N–H and O–H groups in total. The van der Waals surface area contributed by atoms with Gasteiger partial charge in [-0.1, -0.05) is 29.8 Å². The number of aromatic nitrogens is 3. The summed E-state index contributed by atoms with van der Waals surface area (Å²) in [5.41, 5.74) is 2.64. The number of hydrogen-bond donors (Lipinski definition) is 1. The molecule has 118 valence electrons. The Bertz CT molecular complexity index is 657. The number of nitrogens with one attached hydrogen (secondary N) is 1. The number of H-pyrrole nitrogens is 1. The first-order valence-electron chi connectivity index (χ1n) is 7.61. The predicted molar refractivity (Wildman–Crippen MR) is 92.6 cm³/mol. The average molecular weight is 335 g/mol. The summed E-state index contributed by atoms with van der Waals surface area (Å²) in [6.45, 7) is 3.79. The van der Waals surface area contributed by atoms with Crippen molar-refractivity contribution in [2.75, 3.05) is 6.61 Å². The van der Waals surface area contributed by atoms with Gasteiger partial charge in [-0.05, 0) is 37.5 Å². The van der Waals surface area contributed by atoms with Crippen molar-refractivity contribution in [2.45, 2.75) is 43.9 Å². The third-order valence-electron chi connectivity index (χ3n) is 3.87. The zero-order chi connectivity index (χ0) is 15.4. The maximum absolute atomic E-state index is 5.71. The van der Waals surface area contributed by atoms with Crippen molar-refractivity contribution < 1.29 is 4.74 Å². The van der Waals surface area contributed by atoms with Crippen molar-refractivity contribution in [1.82, 2.24) is 14.8 Å². The van der Waals surface area contributed by atoms with Gasteiger partial charge in [-0.3, -0.25) is 5.10 Å². The number of aromatic amines is 1. The maximum atomic E-state index is 5.71. The van der Waals surface area contributed by atoms with Gasteiger partial charge < -0.3 is 9.30 Å². The van der Waals surface area contributed by atoms with E-state index in [1.807, 2.05) is 11.8 Å². The summed E-state index contributed by atoms with van der Waals surface area (Å²) in [6, 6.07) is 8.68. The van der Waals surface area contributed by atoms with E-state index in [2.05, 4.69) is 46.0 Å². The Morgan fingerprint density at radius 3 is 2.91 bits per heavy atom. The number of ether oxygens (including phenoxy) is 1. The van der Waals surface area contributed by atoms with Crippen molar-refractivity contribution in [2.24, 2.45) is 0 Å². The highest BCUT2D eigenvalue weighted by Crippen LogP contribution is 2.19. The second-order valence-electron chi connectivity index (χ2n) is 5.67. The van der Waals surface area contributed by atoms with Crippen LogP contribution in [0.1, 0.15) is 29.8 Å². The van der Waals surface area contributed by atoms with Crippen molar-refractivity contribution >= 4 is 24.0 Å². The lowest BCUT2D eigenvalue weighted by molar-refractivity contribution is 0.0960. The lowest BCUT2D eigenvalue weighted by atomic mass is 10.2. The van der Waals surface area contributed by atoms with E-state index in [0.29, 0.717) is 4.77 Å². The fourth-order valence-corrected chi connectivity index (χ4v) is 3.74. The topological polar surface area (TPSA) is 42.8 Å². The summed E-state index contributed by atoms with van der Waals surface area (Å²) in [4.78, 5) is 0. The highest BCUT2D eigenvalue weighted by atomic mass is 32.2. The number of aryl methyl sites for hydroxylation is 1. The third kappa shape index (κ3) is 4.00. The minimum absolute atomic E-state index is 0.283. The normalized spacial score (nSPS) is 18.0. The highest BCUT2D eigenvalue weighted by molar-refractivity contribution is 7.97. The van der Waals surface area contributed by atoms with Crippen molar-refractivity contribution in [3.05, 3.63) is 46.0 Å². The van der Waals surface area contributed by atoms with Gasteiger partial charge in [0.1, 0.15) is 5.82 Å². The van der Waals surface area contributed by atoms with Crippen LogP contribution in [0.5, 0.6) is 0 Å². The van der Waals surface area contributed by atoms with Crippen LogP contribution in [0, 0.1) is 11.7 Å². The van der Waals surface area contributed by atoms with E-state index >= 15 is 0 Å². The van der Waals surface area contributed by atoms with Crippen molar-refractivity contribution in [3.63, 3.8) is 0 Å². The molecule has 0 radical (unpaired) electrons. The average Bonchev–Trinajstić information content (AvgIpc) is 3.14. The highest BCUT2D eigenvalue weighted by Gasteiger charge is 2.18. The van der Waals surface area contributed by atoms with E-state index in [9.17, 15) is 0 Å². The molecule has 0 aliphatic carbocycles. The SMILES string of the molecule is Cc1ccc(CSCc2n[nH]c(=S)n2C[C@@H]2CCCO2)cc1. The van der Waals surface area contributed by atoms with E-state index < -0.39 is 0 Å². The number of rotatable bonds is 6. The number of thioether (sulfide) groups is 1. The number of hydrogen-bond acceptors (Lipinski definition) is 4. The Kier molecular flexibility index (Phi) is 5.33. The Balaban J connectivity index is 1.58. The van der Waals surface area contributed by atoms with Crippen LogP contribution in [0.25, 0.3) is 0 Å². The van der Waals surface area contributed by atoms with E-state index in [1.165, 1.54) is 11.1 Å². The summed E-state index contributed by atoms with van der Waals surface area (Å²) in [6.07, 6.45) is 2.54. The van der Waals surface area contributed by atoms with E-state index in [-0.39, 0.29) is 6.10 Å². The number of nitrogens with zero attached hydrogens (tertiary/aromatic N) is 2. The van der Waals surface area contributed by atoms with Crippen molar-refractivity contribution in [3.8, 4) is 0 Å². The Morgan fingerprint density at radius 1 is 1.36 bits per heavy atom. The van der Waals surface area contributed by atoms with Gasteiger partial charge in [0.05, 0.1) is 18.4 Å². The molecular weight excluding hydrogens is 314 g/mol. The van der Waals surface area contributed by atoms with E-state index in [1.54, 1.807) is 0 Å². The van der Waals surface area contributed by atoms with Crippen LogP contribution >= 0.6 is 24.0 Å². The zero-order valence-corrected chi connectivity index (χ0v) is 14.4. The number of benzene rings is 1. The molecule has 0 unspecified atom stereocenters. The molecule has 2 heterocycles. The lowest BCUT2D eigenvalue weighted by Gasteiger charge is -2.12. The minimum atomic E-state index is 0.283. The molecule has 6 heteroatoms.